The number of aryl methyl sites for hydroxylation is 1. The minimum absolute atomic E-state index is 0.0145. The van der Waals surface area contributed by atoms with Crippen molar-refractivity contribution in [1.82, 2.24) is 10.1 Å². The summed E-state index contributed by atoms with van der Waals surface area (Å²) >= 11 is 7.91. The first-order valence-corrected chi connectivity index (χ1v) is 8.76. The predicted molar refractivity (Wildman–Crippen MR) is 91.1 cm³/mol. The van der Waals surface area contributed by atoms with Crippen molar-refractivity contribution in [2.45, 2.75) is 25.8 Å². The fraction of sp³-hybridized carbons (Fsp3) is 0.294. The molecule has 0 spiro atoms. The normalized spacial score (nSPS) is 18.0. The third-order valence-corrected chi connectivity index (χ3v) is 5.89. The van der Waals surface area contributed by atoms with Gasteiger partial charge in [0, 0.05) is 22.7 Å². The van der Waals surface area contributed by atoms with Crippen LogP contribution in [0.3, 0.4) is 0 Å². The fourth-order valence-corrected chi connectivity index (χ4v) is 4.61. The fourth-order valence-electron chi connectivity index (χ4n) is 3.14. The Labute approximate surface area is 142 Å². The Morgan fingerprint density at radius 3 is 3.00 bits per heavy atom. The van der Waals surface area contributed by atoms with E-state index in [0.717, 1.165) is 40.9 Å². The molecule has 1 aromatic carbocycles. The molecule has 23 heavy (non-hydrogen) atoms. The summed E-state index contributed by atoms with van der Waals surface area (Å²) in [4.78, 5) is 15.5. The van der Waals surface area contributed by atoms with E-state index in [2.05, 4.69) is 5.16 Å². The van der Waals surface area contributed by atoms with Crippen LogP contribution in [0, 0.1) is 6.92 Å². The van der Waals surface area contributed by atoms with Gasteiger partial charge < -0.3 is 9.42 Å². The molecule has 0 radical (unpaired) electrons. The van der Waals surface area contributed by atoms with E-state index < -0.39 is 0 Å². The molecule has 1 atom stereocenters. The third kappa shape index (κ3) is 2.44. The summed E-state index contributed by atoms with van der Waals surface area (Å²) in [6.07, 6.45) is 1.87. The molecule has 4 nitrogen and oxygen atoms in total. The van der Waals surface area contributed by atoms with Crippen molar-refractivity contribution in [2.24, 2.45) is 0 Å². The van der Waals surface area contributed by atoms with Crippen molar-refractivity contribution in [3.8, 4) is 0 Å². The molecular formula is C17H15ClN2O2S. The van der Waals surface area contributed by atoms with Gasteiger partial charge in [0.15, 0.2) is 0 Å². The molecule has 0 bridgehead atoms. The number of rotatable bonds is 2. The lowest BCUT2D eigenvalue weighted by Crippen LogP contribution is -2.30. The maximum atomic E-state index is 13.0. The molecule has 3 heterocycles. The molecule has 118 valence electrons. The number of likely N-dealkylation sites (tertiary alicyclic amines) is 1. The minimum Gasteiger partial charge on any atom is -0.361 e. The Morgan fingerprint density at radius 1 is 1.43 bits per heavy atom. The van der Waals surface area contributed by atoms with Gasteiger partial charge in [-0.25, -0.2) is 0 Å². The van der Waals surface area contributed by atoms with E-state index in [1.54, 1.807) is 0 Å². The number of thiophene rings is 1. The van der Waals surface area contributed by atoms with Crippen LogP contribution in [0.15, 0.2) is 34.9 Å². The van der Waals surface area contributed by atoms with Crippen molar-refractivity contribution in [3.63, 3.8) is 0 Å². The van der Waals surface area contributed by atoms with E-state index in [0.29, 0.717) is 9.90 Å². The van der Waals surface area contributed by atoms with Crippen LogP contribution in [0.25, 0.3) is 10.1 Å². The maximum absolute atomic E-state index is 13.0. The zero-order valence-electron chi connectivity index (χ0n) is 12.6. The van der Waals surface area contributed by atoms with Gasteiger partial charge in [-0.1, -0.05) is 35.0 Å². The van der Waals surface area contributed by atoms with Crippen LogP contribution in [0.5, 0.6) is 0 Å². The number of hydrogen-bond donors (Lipinski definition) is 0. The molecule has 6 heteroatoms. The first kappa shape index (κ1) is 14.7. The number of carbonyl (C=O) groups is 1. The summed E-state index contributed by atoms with van der Waals surface area (Å²) in [6.45, 7) is 2.58. The van der Waals surface area contributed by atoms with Gasteiger partial charge in [-0.15, -0.1) is 11.3 Å². The number of amides is 1. The number of nitrogens with zero attached hydrogens (tertiary/aromatic N) is 2. The highest BCUT2D eigenvalue weighted by Crippen LogP contribution is 2.39. The quantitative estimate of drug-likeness (QED) is 0.667. The first-order chi connectivity index (χ1) is 11.1. The van der Waals surface area contributed by atoms with E-state index in [-0.39, 0.29) is 11.9 Å². The molecular weight excluding hydrogens is 332 g/mol. The summed E-state index contributed by atoms with van der Waals surface area (Å²) in [7, 11) is 0. The van der Waals surface area contributed by atoms with E-state index in [1.165, 1.54) is 11.3 Å². The molecule has 1 saturated heterocycles. The standard InChI is InChI=1S/C17H15ClN2O2S/c1-10-9-12(19-22-10)13-6-4-8-20(13)17(21)16-15(18)11-5-2-3-7-14(11)23-16/h2-3,5,7,9,13H,4,6,8H2,1H3/t13-/m1/s1. The first-order valence-electron chi connectivity index (χ1n) is 7.56. The monoisotopic (exact) mass is 346 g/mol. The average molecular weight is 347 g/mol. The Balaban J connectivity index is 1.71. The maximum Gasteiger partial charge on any atom is 0.266 e. The zero-order valence-corrected chi connectivity index (χ0v) is 14.2. The van der Waals surface area contributed by atoms with E-state index in [4.69, 9.17) is 16.1 Å². The Kier molecular flexibility index (Phi) is 3.62. The van der Waals surface area contributed by atoms with E-state index in [1.807, 2.05) is 42.2 Å². The summed E-state index contributed by atoms with van der Waals surface area (Å²) in [5, 5.41) is 5.58. The van der Waals surface area contributed by atoms with Crippen molar-refractivity contribution < 1.29 is 9.32 Å². The van der Waals surface area contributed by atoms with Gasteiger partial charge in [-0.2, -0.15) is 0 Å². The van der Waals surface area contributed by atoms with Crippen molar-refractivity contribution in [2.75, 3.05) is 6.54 Å². The van der Waals surface area contributed by atoms with Crippen LogP contribution in [-0.2, 0) is 0 Å². The van der Waals surface area contributed by atoms with Crippen LogP contribution in [0.1, 0.15) is 40.0 Å². The van der Waals surface area contributed by atoms with Gasteiger partial charge in [-0.3, -0.25) is 4.79 Å². The highest BCUT2D eigenvalue weighted by molar-refractivity contribution is 7.21. The van der Waals surface area contributed by atoms with Gasteiger partial charge >= 0.3 is 0 Å². The minimum atomic E-state index is -0.0266. The third-order valence-electron chi connectivity index (χ3n) is 4.23. The lowest BCUT2D eigenvalue weighted by atomic mass is 10.1. The van der Waals surface area contributed by atoms with E-state index >= 15 is 0 Å². The smallest absolute Gasteiger partial charge is 0.266 e. The second-order valence-corrected chi connectivity index (χ2v) is 7.19. The zero-order chi connectivity index (χ0) is 16.0. The SMILES string of the molecule is Cc1cc([C@H]2CCCN2C(=O)c2sc3ccccc3c2Cl)no1. The highest BCUT2D eigenvalue weighted by atomic mass is 35.5. The Hall–Kier alpha value is -1.85. The van der Waals surface area contributed by atoms with Crippen LogP contribution < -0.4 is 0 Å². The summed E-state index contributed by atoms with van der Waals surface area (Å²) in [6, 6.07) is 9.72. The second kappa shape index (κ2) is 5.65. The second-order valence-electron chi connectivity index (χ2n) is 5.76. The van der Waals surface area contributed by atoms with Gasteiger partial charge in [0.25, 0.3) is 5.91 Å². The largest absolute Gasteiger partial charge is 0.361 e. The Morgan fingerprint density at radius 2 is 2.26 bits per heavy atom. The van der Waals surface area contributed by atoms with Crippen LogP contribution >= 0.6 is 22.9 Å². The molecule has 3 aromatic rings. The van der Waals surface area contributed by atoms with Gasteiger partial charge in [-0.05, 0) is 25.8 Å². The molecule has 1 fully saturated rings. The summed E-state index contributed by atoms with van der Waals surface area (Å²) in [5.41, 5.74) is 0.825. The lowest BCUT2D eigenvalue weighted by molar-refractivity contribution is 0.0736. The highest BCUT2D eigenvalue weighted by Gasteiger charge is 2.34. The van der Waals surface area contributed by atoms with E-state index in [9.17, 15) is 4.79 Å². The van der Waals surface area contributed by atoms with Gasteiger partial charge in [0.05, 0.1) is 11.1 Å². The molecule has 0 N–H and O–H groups in total. The Bertz CT molecular complexity index is 886. The summed E-state index contributed by atoms with van der Waals surface area (Å²) in [5.74, 6) is 0.749. The number of benzene rings is 1. The van der Waals surface area contributed by atoms with Crippen LogP contribution in [0.2, 0.25) is 5.02 Å². The van der Waals surface area contributed by atoms with Gasteiger partial charge in [0.2, 0.25) is 0 Å². The molecule has 4 rings (SSSR count). The molecule has 0 saturated carbocycles. The van der Waals surface area contributed by atoms with Crippen molar-refractivity contribution >= 4 is 38.9 Å². The molecule has 1 amide bonds. The van der Waals surface area contributed by atoms with Crippen molar-refractivity contribution in [3.05, 3.63) is 51.7 Å². The molecule has 2 aromatic heterocycles. The predicted octanol–water partition coefficient (Wildman–Crippen LogP) is 4.83. The number of aromatic nitrogens is 1. The molecule has 0 unspecified atom stereocenters. The van der Waals surface area contributed by atoms with Crippen LogP contribution in [0.4, 0.5) is 0 Å². The number of hydrogen-bond acceptors (Lipinski definition) is 4. The number of halogens is 1. The number of fused-ring (bicyclic) bond motifs is 1. The van der Waals surface area contributed by atoms with Crippen molar-refractivity contribution in [1.29, 1.82) is 0 Å². The number of carbonyl (C=O) groups excluding carboxylic acids is 1. The molecule has 0 aliphatic carbocycles. The topological polar surface area (TPSA) is 46.3 Å². The average Bonchev–Trinajstić information content (AvgIpc) is 3.26. The summed E-state index contributed by atoms with van der Waals surface area (Å²) < 4.78 is 6.21. The van der Waals surface area contributed by atoms with Gasteiger partial charge in [0.1, 0.15) is 16.3 Å². The van der Waals surface area contributed by atoms with Crippen LogP contribution in [-0.4, -0.2) is 22.5 Å². The molecule has 1 aliphatic rings. The lowest BCUT2D eigenvalue weighted by Gasteiger charge is -2.22. The molecule has 1 aliphatic heterocycles.